The van der Waals surface area contributed by atoms with Gasteiger partial charge in [-0.2, -0.15) is 5.10 Å². The Balaban J connectivity index is 1.57. The molecule has 0 radical (unpaired) electrons. The maximum atomic E-state index is 12.9. The van der Waals surface area contributed by atoms with Crippen molar-refractivity contribution in [3.63, 3.8) is 0 Å². The van der Waals surface area contributed by atoms with Gasteiger partial charge in [-0.15, -0.1) is 11.3 Å². The number of anilines is 1. The topological polar surface area (TPSA) is 117 Å². The zero-order valence-electron chi connectivity index (χ0n) is 19.8. The maximum Gasteiger partial charge on any atom is 0.360 e. The zero-order valence-corrected chi connectivity index (χ0v) is 20.6. The first kappa shape index (κ1) is 24.8. The highest BCUT2D eigenvalue weighted by atomic mass is 32.1. The van der Waals surface area contributed by atoms with Crippen molar-refractivity contribution in [3.05, 3.63) is 82.3 Å². The van der Waals surface area contributed by atoms with E-state index in [2.05, 4.69) is 10.4 Å². The summed E-state index contributed by atoms with van der Waals surface area (Å²) in [5.41, 5.74) is 0.646. The molecule has 1 atom stereocenters. The van der Waals surface area contributed by atoms with E-state index in [9.17, 15) is 19.2 Å². The Bertz CT molecular complexity index is 1510. The van der Waals surface area contributed by atoms with Crippen LogP contribution in [0.3, 0.4) is 0 Å². The van der Waals surface area contributed by atoms with Crippen molar-refractivity contribution in [1.29, 1.82) is 0 Å². The fourth-order valence-corrected chi connectivity index (χ4v) is 4.58. The maximum absolute atomic E-state index is 12.9. The van der Waals surface area contributed by atoms with Gasteiger partial charge in [-0.3, -0.25) is 9.59 Å². The monoisotopic (exact) mass is 505 g/mol. The van der Waals surface area contributed by atoms with Crippen molar-refractivity contribution < 1.29 is 23.9 Å². The number of ether oxygens (including phenoxy) is 2. The van der Waals surface area contributed by atoms with Crippen LogP contribution in [0.2, 0.25) is 0 Å². The summed E-state index contributed by atoms with van der Waals surface area (Å²) in [4.78, 5) is 51.4. The van der Waals surface area contributed by atoms with E-state index in [-0.39, 0.29) is 28.4 Å². The molecule has 0 saturated carbocycles. The van der Waals surface area contributed by atoms with Gasteiger partial charge in [-0.05, 0) is 31.5 Å². The van der Waals surface area contributed by atoms with Crippen LogP contribution in [-0.2, 0) is 21.3 Å². The van der Waals surface area contributed by atoms with Gasteiger partial charge < -0.3 is 14.8 Å². The molecule has 1 N–H and O–H groups in total. The molecule has 0 fully saturated rings. The number of carbonyl (C=O) groups excluding carboxylic acids is 3. The van der Waals surface area contributed by atoms with Crippen LogP contribution in [0.4, 0.5) is 5.00 Å². The second-order valence-corrected chi connectivity index (χ2v) is 8.85. The summed E-state index contributed by atoms with van der Waals surface area (Å²) in [6, 6.07) is 17.6. The number of nitrogens with one attached hydrogen (secondary N) is 1. The lowest BCUT2D eigenvalue weighted by Crippen LogP contribution is -2.31. The number of hydrogen-bond donors (Lipinski definition) is 1. The van der Waals surface area contributed by atoms with Gasteiger partial charge in [0.15, 0.2) is 11.8 Å². The van der Waals surface area contributed by atoms with E-state index in [1.807, 2.05) is 30.3 Å². The van der Waals surface area contributed by atoms with Gasteiger partial charge in [0.05, 0.1) is 17.6 Å². The largest absolute Gasteiger partial charge is 0.462 e. The number of fused-ring (bicyclic) bond motifs is 1. The molecule has 0 aliphatic heterocycles. The molecule has 0 aliphatic rings. The molecule has 184 valence electrons. The predicted molar refractivity (Wildman–Crippen MR) is 136 cm³/mol. The third-order valence-electron chi connectivity index (χ3n) is 5.33. The van der Waals surface area contributed by atoms with Gasteiger partial charge in [0.2, 0.25) is 0 Å². The number of amides is 1. The van der Waals surface area contributed by atoms with E-state index < -0.39 is 23.9 Å². The molecule has 1 amide bonds. The van der Waals surface area contributed by atoms with E-state index in [0.717, 1.165) is 15.1 Å². The van der Waals surface area contributed by atoms with Crippen LogP contribution in [-0.4, -0.2) is 40.3 Å². The number of aryl methyl sites for hydroxylation is 1. The minimum atomic E-state index is -1.22. The SMILES string of the molecule is CCOC(=O)c1cc(-c2ccccc2)sc1NC(=O)C(C)OC(=O)c1nn(C)c(=O)c2ccccc12. The molecular formula is C26H23N3O6S. The number of hydrogen-bond acceptors (Lipinski definition) is 8. The van der Waals surface area contributed by atoms with Gasteiger partial charge >= 0.3 is 11.9 Å². The molecule has 0 saturated heterocycles. The summed E-state index contributed by atoms with van der Waals surface area (Å²) in [5, 5.41) is 7.63. The third-order valence-corrected chi connectivity index (χ3v) is 6.42. The van der Waals surface area contributed by atoms with E-state index in [1.54, 1.807) is 37.3 Å². The van der Waals surface area contributed by atoms with Crippen molar-refractivity contribution in [2.45, 2.75) is 20.0 Å². The normalized spacial score (nSPS) is 11.6. The highest BCUT2D eigenvalue weighted by molar-refractivity contribution is 7.20. The minimum Gasteiger partial charge on any atom is -0.462 e. The summed E-state index contributed by atoms with van der Waals surface area (Å²) >= 11 is 1.21. The van der Waals surface area contributed by atoms with Crippen molar-refractivity contribution in [2.75, 3.05) is 11.9 Å². The lowest BCUT2D eigenvalue weighted by atomic mass is 10.1. The number of benzene rings is 2. The molecule has 2 aromatic heterocycles. The van der Waals surface area contributed by atoms with Crippen LogP contribution in [0.15, 0.2) is 65.5 Å². The highest BCUT2D eigenvalue weighted by Crippen LogP contribution is 2.36. The van der Waals surface area contributed by atoms with Gasteiger partial charge in [-0.1, -0.05) is 48.5 Å². The van der Waals surface area contributed by atoms with Crippen molar-refractivity contribution >= 4 is 45.0 Å². The average molecular weight is 506 g/mol. The van der Waals surface area contributed by atoms with Gasteiger partial charge in [-0.25, -0.2) is 14.3 Å². The number of rotatable bonds is 7. The highest BCUT2D eigenvalue weighted by Gasteiger charge is 2.26. The second kappa shape index (κ2) is 10.5. The smallest absolute Gasteiger partial charge is 0.360 e. The second-order valence-electron chi connectivity index (χ2n) is 7.80. The fraction of sp³-hybridized carbons (Fsp3) is 0.192. The lowest BCUT2D eigenvalue weighted by Gasteiger charge is -2.14. The number of nitrogens with zero attached hydrogens (tertiary/aromatic N) is 2. The summed E-state index contributed by atoms with van der Waals surface area (Å²) in [7, 11) is 1.43. The molecule has 0 aliphatic carbocycles. The molecule has 2 aromatic carbocycles. The van der Waals surface area contributed by atoms with E-state index in [1.165, 1.54) is 25.3 Å². The molecule has 0 bridgehead atoms. The van der Waals surface area contributed by atoms with Gasteiger partial charge in [0.1, 0.15) is 5.00 Å². The summed E-state index contributed by atoms with van der Waals surface area (Å²) < 4.78 is 11.6. The van der Waals surface area contributed by atoms with Gasteiger partial charge in [0.25, 0.3) is 11.5 Å². The number of aromatic nitrogens is 2. The van der Waals surface area contributed by atoms with Crippen molar-refractivity contribution in [3.8, 4) is 10.4 Å². The molecular weight excluding hydrogens is 482 g/mol. The Hall–Kier alpha value is -4.31. The molecule has 0 spiro atoms. The van der Waals surface area contributed by atoms with Crippen LogP contribution >= 0.6 is 11.3 Å². The Morgan fingerprint density at radius 2 is 1.69 bits per heavy atom. The van der Waals surface area contributed by atoms with Crippen LogP contribution in [0.5, 0.6) is 0 Å². The lowest BCUT2D eigenvalue weighted by molar-refractivity contribution is -0.123. The summed E-state index contributed by atoms with van der Waals surface area (Å²) in [5.74, 6) is -2.06. The molecule has 2 heterocycles. The predicted octanol–water partition coefficient (Wildman–Crippen LogP) is 4.02. The van der Waals surface area contributed by atoms with E-state index >= 15 is 0 Å². The standard InChI is InChI=1S/C26H23N3O6S/c1-4-34-25(32)19-14-20(16-10-6-5-7-11-16)36-23(19)27-22(30)15(2)35-26(33)21-17-12-8-9-13-18(17)24(31)29(3)28-21/h5-15H,4H2,1-3H3,(H,27,30). The van der Waals surface area contributed by atoms with Gasteiger partial charge in [0, 0.05) is 17.3 Å². The number of esters is 2. The molecule has 9 nitrogen and oxygen atoms in total. The molecule has 10 heteroatoms. The Labute approximate surface area is 210 Å². The van der Waals surface area contributed by atoms with Crippen LogP contribution in [0.25, 0.3) is 21.2 Å². The first-order chi connectivity index (χ1) is 17.3. The first-order valence-corrected chi connectivity index (χ1v) is 12.0. The Morgan fingerprint density at radius 1 is 1.03 bits per heavy atom. The molecule has 36 heavy (non-hydrogen) atoms. The summed E-state index contributed by atoms with van der Waals surface area (Å²) in [6.45, 7) is 3.28. The van der Waals surface area contributed by atoms with E-state index in [0.29, 0.717) is 10.8 Å². The molecule has 1 unspecified atom stereocenters. The number of thiophene rings is 1. The Kier molecular flexibility index (Phi) is 7.25. The first-order valence-electron chi connectivity index (χ1n) is 11.1. The molecule has 4 rings (SSSR count). The zero-order chi connectivity index (χ0) is 25.8. The van der Waals surface area contributed by atoms with E-state index in [4.69, 9.17) is 9.47 Å². The average Bonchev–Trinajstić information content (AvgIpc) is 3.30. The van der Waals surface area contributed by atoms with Crippen LogP contribution < -0.4 is 10.9 Å². The van der Waals surface area contributed by atoms with Crippen LogP contribution in [0.1, 0.15) is 34.7 Å². The van der Waals surface area contributed by atoms with Crippen molar-refractivity contribution in [1.82, 2.24) is 9.78 Å². The van der Waals surface area contributed by atoms with Crippen LogP contribution in [0, 0.1) is 0 Å². The van der Waals surface area contributed by atoms with Crippen molar-refractivity contribution in [2.24, 2.45) is 7.05 Å². The number of carbonyl (C=O) groups is 3. The minimum absolute atomic E-state index is 0.0814. The Morgan fingerprint density at radius 3 is 2.39 bits per heavy atom. The quantitative estimate of drug-likeness (QED) is 0.377. The fourth-order valence-electron chi connectivity index (χ4n) is 3.52. The summed E-state index contributed by atoms with van der Waals surface area (Å²) in [6.07, 6.45) is -1.22. The third kappa shape index (κ3) is 5.03. The molecule has 4 aromatic rings.